The largest absolute Gasteiger partial charge is 0.348 e. The van der Waals surface area contributed by atoms with Gasteiger partial charge in [0.25, 0.3) is 0 Å². The lowest BCUT2D eigenvalue weighted by atomic mass is 9.64. The first kappa shape index (κ1) is 17.8. The molecule has 3 rings (SSSR count). The molecule has 0 aliphatic heterocycles. The number of carbonyl (C=O) groups is 1. The van der Waals surface area contributed by atoms with Crippen molar-refractivity contribution in [1.29, 1.82) is 0 Å². The Hall–Kier alpha value is -1.02. The zero-order valence-electron chi connectivity index (χ0n) is 15.2. The van der Waals surface area contributed by atoms with E-state index < -0.39 is 4.87 Å². The van der Waals surface area contributed by atoms with Crippen LogP contribution in [0.4, 0.5) is 0 Å². The summed E-state index contributed by atoms with van der Waals surface area (Å²) in [5, 5.41) is 3.23. The van der Waals surface area contributed by atoms with Crippen LogP contribution in [0, 0.1) is 25.7 Å². The van der Waals surface area contributed by atoms with E-state index in [1.165, 1.54) is 42.4 Å². The first-order chi connectivity index (χ1) is 11.4. The highest BCUT2D eigenvalue weighted by atomic mass is 35.5. The Kier molecular flexibility index (Phi) is 5.24. The number of hydrogen-bond donors (Lipinski definition) is 1. The predicted octanol–water partition coefficient (Wildman–Crippen LogP) is 5.45. The fourth-order valence-corrected chi connectivity index (χ4v) is 5.43. The second-order valence-electron chi connectivity index (χ2n) is 7.96. The summed E-state index contributed by atoms with van der Waals surface area (Å²) in [7, 11) is 0. The van der Waals surface area contributed by atoms with Crippen molar-refractivity contribution >= 4 is 17.5 Å². The normalized spacial score (nSPS) is 31.2. The Balaban J connectivity index is 1.75. The van der Waals surface area contributed by atoms with E-state index in [-0.39, 0.29) is 11.9 Å². The molecule has 0 spiro atoms. The standard InChI is InChI=1S/C21H30ClNO/c1-14-10-11-18(15(2)13-14)16(3)23-20(24)21(22)12-6-8-17-7-4-5-9-19(17)21/h10-11,13,16-17,19H,4-9,12H2,1-3H3,(H,23,24). The maximum Gasteiger partial charge on any atom is 0.241 e. The average Bonchev–Trinajstić information content (AvgIpc) is 2.55. The highest BCUT2D eigenvalue weighted by Gasteiger charge is 2.50. The van der Waals surface area contributed by atoms with E-state index in [4.69, 9.17) is 11.6 Å². The molecular weight excluding hydrogens is 318 g/mol. The van der Waals surface area contributed by atoms with Crippen LogP contribution in [0.5, 0.6) is 0 Å². The molecule has 1 aromatic rings. The molecule has 2 nitrogen and oxygen atoms in total. The molecule has 0 radical (unpaired) electrons. The van der Waals surface area contributed by atoms with Gasteiger partial charge in [-0.3, -0.25) is 4.79 Å². The van der Waals surface area contributed by atoms with Crippen LogP contribution in [0.15, 0.2) is 18.2 Å². The summed E-state index contributed by atoms with van der Waals surface area (Å²) in [5.41, 5.74) is 3.66. The van der Waals surface area contributed by atoms with Crippen molar-refractivity contribution in [3.05, 3.63) is 34.9 Å². The van der Waals surface area contributed by atoms with Gasteiger partial charge in [-0.15, -0.1) is 11.6 Å². The third kappa shape index (κ3) is 3.35. The number of benzene rings is 1. The molecule has 3 heteroatoms. The number of aryl methyl sites for hydroxylation is 2. The van der Waals surface area contributed by atoms with E-state index in [0.29, 0.717) is 11.8 Å². The molecule has 2 saturated carbocycles. The number of carbonyl (C=O) groups excluding carboxylic acids is 1. The maximum atomic E-state index is 13.1. The summed E-state index contributed by atoms with van der Waals surface area (Å²) < 4.78 is 0. The lowest BCUT2D eigenvalue weighted by Crippen LogP contribution is -2.53. The molecule has 0 bridgehead atoms. The first-order valence-electron chi connectivity index (χ1n) is 9.49. The van der Waals surface area contributed by atoms with Crippen LogP contribution in [0.3, 0.4) is 0 Å². The van der Waals surface area contributed by atoms with E-state index in [2.05, 4.69) is 44.3 Å². The predicted molar refractivity (Wildman–Crippen MR) is 100 cm³/mol. The highest BCUT2D eigenvalue weighted by Crippen LogP contribution is 2.49. The van der Waals surface area contributed by atoms with Gasteiger partial charge >= 0.3 is 0 Å². The number of halogens is 1. The van der Waals surface area contributed by atoms with Crippen LogP contribution < -0.4 is 5.32 Å². The minimum atomic E-state index is -0.698. The summed E-state index contributed by atoms with van der Waals surface area (Å²) in [6, 6.07) is 6.41. The molecule has 4 atom stereocenters. The average molecular weight is 348 g/mol. The minimum absolute atomic E-state index is 0.00214. The maximum absolute atomic E-state index is 13.1. The van der Waals surface area contributed by atoms with Gasteiger partial charge in [-0.05, 0) is 56.6 Å². The number of alkyl halides is 1. The zero-order valence-corrected chi connectivity index (χ0v) is 16.0. The number of nitrogens with one attached hydrogen (secondary N) is 1. The topological polar surface area (TPSA) is 29.1 Å². The molecule has 1 aromatic carbocycles. The lowest BCUT2D eigenvalue weighted by molar-refractivity contribution is -0.128. The van der Waals surface area contributed by atoms with E-state index >= 15 is 0 Å². The third-order valence-electron chi connectivity index (χ3n) is 6.23. The van der Waals surface area contributed by atoms with Crippen LogP contribution in [0.25, 0.3) is 0 Å². The highest BCUT2D eigenvalue weighted by molar-refractivity contribution is 6.35. The Labute approximate surface area is 151 Å². The van der Waals surface area contributed by atoms with Crippen LogP contribution >= 0.6 is 11.6 Å². The van der Waals surface area contributed by atoms with Crippen molar-refractivity contribution in [2.45, 2.75) is 76.6 Å². The van der Waals surface area contributed by atoms with Gasteiger partial charge in [0.2, 0.25) is 5.91 Å². The molecule has 4 unspecified atom stereocenters. The van der Waals surface area contributed by atoms with E-state index in [0.717, 1.165) is 19.3 Å². The van der Waals surface area contributed by atoms with Gasteiger partial charge in [-0.25, -0.2) is 0 Å². The van der Waals surface area contributed by atoms with Gasteiger partial charge in [0, 0.05) is 0 Å². The second-order valence-corrected chi connectivity index (χ2v) is 8.64. The van der Waals surface area contributed by atoms with E-state index in [1.54, 1.807) is 0 Å². The third-order valence-corrected chi connectivity index (χ3v) is 6.87. The SMILES string of the molecule is Cc1ccc(C(C)NC(=O)C2(Cl)CCCC3CCCCC32)c(C)c1. The van der Waals surface area contributed by atoms with Crippen LogP contribution in [0.1, 0.15) is 74.6 Å². The molecule has 2 aliphatic carbocycles. The minimum Gasteiger partial charge on any atom is -0.348 e. The van der Waals surface area contributed by atoms with E-state index in [9.17, 15) is 4.79 Å². The monoisotopic (exact) mass is 347 g/mol. The quantitative estimate of drug-likeness (QED) is 0.724. The molecule has 132 valence electrons. The number of rotatable bonds is 3. The Morgan fingerprint density at radius 1 is 1.21 bits per heavy atom. The van der Waals surface area contributed by atoms with Gasteiger partial charge in [-0.2, -0.15) is 0 Å². The van der Waals surface area contributed by atoms with Gasteiger partial charge in [0.1, 0.15) is 4.87 Å². The Bertz CT molecular complexity index is 612. The van der Waals surface area contributed by atoms with Gasteiger partial charge in [-0.1, -0.05) is 55.9 Å². The van der Waals surface area contributed by atoms with Crippen molar-refractivity contribution < 1.29 is 4.79 Å². The number of fused-ring (bicyclic) bond motifs is 1. The smallest absolute Gasteiger partial charge is 0.241 e. The van der Waals surface area contributed by atoms with Crippen LogP contribution in [-0.4, -0.2) is 10.8 Å². The van der Waals surface area contributed by atoms with Crippen LogP contribution in [-0.2, 0) is 4.79 Å². The van der Waals surface area contributed by atoms with E-state index in [1.807, 2.05) is 0 Å². The molecule has 24 heavy (non-hydrogen) atoms. The second kappa shape index (κ2) is 7.07. The molecule has 0 saturated heterocycles. The van der Waals surface area contributed by atoms with Crippen LogP contribution in [0.2, 0.25) is 0 Å². The van der Waals surface area contributed by atoms with Crippen molar-refractivity contribution in [2.75, 3.05) is 0 Å². The van der Waals surface area contributed by atoms with Gasteiger partial charge in [0.05, 0.1) is 6.04 Å². The molecule has 2 aliphatic rings. The van der Waals surface area contributed by atoms with Gasteiger partial charge < -0.3 is 5.32 Å². The summed E-state index contributed by atoms with van der Waals surface area (Å²) >= 11 is 6.98. The zero-order chi connectivity index (χ0) is 17.3. The lowest BCUT2D eigenvalue weighted by Gasteiger charge is -2.46. The molecule has 2 fully saturated rings. The van der Waals surface area contributed by atoms with Crippen molar-refractivity contribution in [1.82, 2.24) is 5.32 Å². The van der Waals surface area contributed by atoms with Gasteiger partial charge in [0.15, 0.2) is 0 Å². The fourth-order valence-electron chi connectivity index (χ4n) is 4.95. The first-order valence-corrected chi connectivity index (χ1v) is 9.86. The summed E-state index contributed by atoms with van der Waals surface area (Å²) in [6.07, 6.45) is 8.03. The molecule has 1 N–H and O–H groups in total. The summed E-state index contributed by atoms with van der Waals surface area (Å²) in [6.45, 7) is 6.27. The molecule has 1 amide bonds. The number of amides is 1. The summed E-state index contributed by atoms with van der Waals surface area (Å²) in [4.78, 5) is 12.4. The van der Waals surface area contributed by atoms with Crippen molar-refractivity contribution in [3.63, 3.8) is 0 Å². The van der Waals surface area contributed by atoms with Crippen molar-refractivity contribution in [3.8, 4) is 0 Å². The summed E-state index contributed by atoms with van der Waals surface area (Å²) in [5.74, 6) is 1.05. The molecule has 0 aromatic heterocycles. The fraction of sp³-hybridized carbons (Fsp3) is 0.667. The molecular formula is C21H30ClNO. The molecule has 0 heterocycles. The Morgan fingerprint density at radius 2 is 1.92 bits per heavy atom. The van der Waals surface area contributed by atoms with Crippen molar-refractivity contribution in [2.24, 2.45) is 11.8 Å². The Morgan fingerprint density at radius 3 is 2.67 bits per heavy atom. The number of hydrogen-bond acceptors (Lipinski definition) is 1.